The molecule has 0 aliphatic rings. The molecule has 1 aromatic heterocycles. The number of rotatable bonds is 8. The van der Waals surface area contributed by atoms with Crippen LogP contribution in [0.15, 0.2) is 53.7 Å². The van der Waals surface area contributed by atoms with Crippen molar-refractivity contribution >= 4 is 23.4 Å². The predicted octanol–water partition coefficient (Wildman–Crippen LogP) is 3.27. The first-order valence-corrected chi connectivity index (χ1v) is 9.37. The molecule has 0 atom stereocenters. The van der Waals surface area contributed by atoms with Crippen LogP contribution >= 0.6 is 11.8 Å². The van der Waals surface area contributed by atoms with Crippen molar-refractivity contribution in [1.82, 2.24) is 14.8 Å². The van der Waals surface area contributed by atoms with E-state index in [4.69, 9.17) is 9.47 Å². The Balaban J connectivity index is 1.52. The van der Waals surface area contributed by atoms with Crippen molar-refractivity contribution in [1.29, 1.82) is 0 Å². The van der Waals surface area contributed by atoms with Crippen LogP contribution in [0.25, 0.3) is 0 Å². The normalized spacial score (nSPS) is 10.5. The summed E-state index contributed by atoms with van der Waals surface area (Å²) in [5.41, 5.74) is 0.539. The number of hydrogen-bond donors (Lipinski definition) is 1. The third kappa shape index (κ3) is 5.23. The van der Waals surface area contributed by atoms with E-state index >= 15 is 0 Å². The van der Waals surface area contributed by atoms with Gasteiger partial charge in [0.05, 0.1) is 12.9 Å². The molecule has 3 rings (SSSR count). The van der Waals surface area contributed by atoms with E-state index in [-0.39, 0.29) is 24.1 Å². The average Bonchev–Trinajstić information content (AvgIpc) is 3.06. The molecule has 146 valence electrons. The number of nitrogens with zero attached hydrogens (tertiary/aromatic N) is 3. The van der Waals surface area contributed by atoms with E-state index in [0.29, 0.717) is 28.2 Å². The van der Waals surface area contributed by atoms with Crippen LogP contribution in [0.2, 0.25) is 0 Å². The van der Waals surface area contributed by atoms with Gasteiger partial charge in [0.15, 0.2) is 11.0 Å². The quantitative estimate of drug-likeness (QED) is 0.583. The zero-order valence-electron chi connectivity index (χ0n) is 15.4. The number of hydrogen-bond acceptors (Lipinski definition) is 6. The van der Waals surface area contributed by atoms with Crippen LogP contribution in [0.3, 0.4) is 0 Å². The maximum absolute atomic E-state index is 12.9. The van der Waals surface area contributed by atoms with E-state index in [2.05, 4.69) is 15.5 Å². The Kier molecular flexibility index (Phi) is 6.49. The average molecular weight is 402 g/mol. The molecule has 0 unspecified atom stereocenters. The number of halogens is 1. The second-order valence-electron chi connectivity index (χ2n) is 5.77. The summed E-state index contributed by atoms with van der Waals surface area (Å²) in [7, 11) is 3.40. The Morgan fingerprint density at radius 2 is 1.93 bits per heavy atom. The first-order chi connectivity index (χ1) is 13.5. The van der Waals surface area contributed by atoms with Gasteiger partial charge in [0.2, 0.25) is 5.91 Å². The molecular weight excluding hydrogens is 383 g/mol. The first-order valence-electron chi connectivity index (χ1n) is 8.38. The van der Waals surface area contributed by atoms with Gasteiger partial charge < -0.3 is 19.4 Å². The number of aromatic nitrogens is 3. The molecular formula is C19H19FN4O3S. The Morgan fingerprint density at radius 1 is 1.18 bits per heavy atom. The minimum absolute atomic E-state index is 0.153. The highest BCUT2D eigenvalue weighted by atomic mass is 32.2. The van der Waals surface area contributed by atoms with Crippen molar-refractivity contribution < 1.29 is 18.7 Å². The Bertz CT molecular complexity index is 947. The van der Waals surface area contributed by atoms with Crippen LogP contribution in [-0.4, -0.2) is 33.5 Å². The number of nitrogens with one attached hydrogen (secondary N) is 1. The lowest BCUT2D eigenvalue weighted by Crippen LogP contribution is -2.14. The van der Waals surface area contributed by atoms with E-state index in [1.165, 1.54) is 36.0 Å². The summed E-state index contributed by atoms with van der Waals surface area (Å²) in [4.78, 5) is 12.0. The van der Waals surface area contributed by atoms with E-state index in [9.17, 15) is 9.18 Å². The van der Waals surface area contributed by atoms with Crippen molar-refractivity contribution in [3.8, 4) is 11.5 Å². The summed E-state index contributed by atoms with van der Waals surface area (Å²) in [6.45, 7) is 0.235. The maximum atomic E-state index is 12.9. The fraction of sp³-hybridized carbons (Fsp3) is 0.211. The minimum atomic E-state index is -0.352. The Hall–Kier alpha value is -3.07. The van der Waals surface area contributed by atoms with Crippen LogP contribution in [0.5, 0.6) is 11.5 Å². The molecule has 3 aromatic rings. The number of ether oxygens (including phenoxy) is 2. The van der Waals surface area contributed by atoms with Gasteiger partial charge >= 0.3 is 0 Å². The van der Waals surface area contributed by atoms with Gasteiger partial charge in [0.25, 0.3) is 0 Å². The van der Waals surface area contributed by atoms with E-state index in [0.717, 1.165) is 0 Å². The summed E-state index contributed by atoms with van der Waals surface area (Å²) >= 11 is 1.25. The number of carbonyl (C=O) groups excluding carboxylic acids is 1. The second-order valence-corrected chi connectivity index (χ2v) is 6.71. The molecule has 0 aliphatic heterocycles. The fourth-order valence-electron chi connectivity index (χ4n) is 2.30. The van der Waals surface area contributed by atoms with E-state index in [1.807, 2.05) is 25.2 Å². The van der Waals surface area contributed by atoms with Crippen LogP contribution in [-0.2, 0) is 18.4 Å². The molecule has 1 heterocycles. The number of benzene rings is 2. The molecule has 0 saturated carbocycles. The summed E-state index contributed by atoms with van der Waals surface area (Å²) in [5, 5.41) is 11.5. The van der Waals surface area contributed by atoms with Crippen molar-refractivity contribution in [3.63, 3.8) is 0 Å². The third-order valence-electron chi connectivity index (χ3n) is 3.79. The molecule has 1 N–H and O–H groups in total. The summed E-state index contributed by atoms with van der Waals surface area (Å²) in [5.74, 6) is 1.59. The molecule has 0 bridgehead atoms. The van der Waals surface area contributed by atoms with Crippen LogP contribution < -0.4 is 14.8 Å². The molecule has 0 radical (unpaired) electrons. The maximum Gasteiger partial charge on any atom is 0.234 e. The van der Waals surface area contributed by atoms with Crippen LogP contribution in [0.4, 0.5) is 10.1 Å². The lowest BCUT2D eigenvalue weighted by atomic mass is 10.3. The third-order valence-corrected chi connectivity index (χ3v) is 4.81. The second kappa shape index (κ2) is 9.23. The monoisotopic (exact) mass is 402 g/mol. The number of amides is 1. The molecule has 0 aliphatic carbocycles. The van der Waals surface area contributed by atoms with Gasteiger partial charge in [-0.15, -0.1) is 10.2 Å². The molecule has 2 aromatic carbocycles. The SMILES string of the molecule is COc1cccc(OCc2nnc(SCC(=O)Nc3ccc(F)cc3)n2C)c1. The Labute approximate surface area is 165 Å². The summed E-state index contributed by atoms with van der Waals surface area (Å²) < 4.78 is 25.6. The highest BCUT2D eigenvalue weighted by molar-refractivity contribution is 7.99. The van der Waals surface area contributed by atoms with Gasteiger partial charge in [-0.2, -0.15) is 0 Å². The molecule has 0 saturated heterocycles. The zero-order chi connectivity index (χ0) is 19.9. The number of methoxy groups -OCH3 is 1. The van der Waals surface area contributed by atoms with Gasteiger partial charge in [-0.25, -0.2) is 4.39 Å². The Morgan fingerprint density at radius 3 is 2.68 bits per heavy atom. The first kappa shape index (κ1) is 19.7. The van der Waals surface area contributed by atoms with Gasteiger partial charge in [-0.3, -0.25) is 4.79 Å². The fourth-order valence-corrected chi connectivity index (χ4v) is 3.03. The molecule has 7 nitrogen and oxygen atoms in total. The molecule has 9 heteroatoms. The number of anilines is 1. The molecule has 0 spiro atoms. The summed E-state index contributed by atoms with van der Waals surface area (Å²) in [6, 6.07) is 12.9. The summed E-state index contributed by atoms with van der Waals surface area (Å²) in [6.07, 6.45) is 0. The lowest BCUT2D eigenvalue weighted by molar-refractivity contribution is -0.113. The minimum Gasteiger partial charge on any atom is -0.497 e. The van der Waals surface area contributed by atoms with E-state index < -0.39 is 0 Å². The molecule has 1 amide bonds. The van der Waals surface area contributed by atoms with Crippen molar-refractivity contribution in [2.45, 2.75) is 11.8 Å². The van der Waals surface area contributed by atoms with E-state index in [1.54, 1.807) is 17.7 Å². The largest absolute Gasteiger partial charge is 0.497 e. The molecule has 0 fully saturated rings. The van der Waals surface area contributed by atoms with Gasteiger partial charge in [-0.05, 0) is 36.4 Å². The zero-order valence-corrected chi connectivity index (χ0v) is 16.2. The van der Waals surface area contributed by atoms with Gasteiger partial charge in [0, 0.05) is 18.8 Å². The van der Waals surface area contributed by atoms with Crippen LogP contribution in [0.1, 0.15) is 5.82 Å². The van der Waals surface area contributed by atoms with Gasteiger partial charge in [0.1, 0.15) is 23.9 Å². The predicted molar refractivity (Wildman–Crippen MR) is 104 cm³/mol. The lowest BCUT2D eigenvalue weighted by Gasteiger charge is -2.08. The number of thioether (sulfide) groups is 1. The van der Waals surface area contributed by atoms with Crippen molar-refractivity contribution in [3.05, 3.63) is 60.2 Å². The van der Waals surface area contributed by atoms with Crippen molar-refractivity contribution in [2.75, 3.05) is 18.2 Å². The highest BCUT2D eigenvalue weighted by Crippen LogP contribution is 2.21. The topological polar surface area (TPSA) is 78.3 Å². The van der Waals surface area contributed by atoms with Gasteiger partial charge in [-0.1, -0.05) is 17.8 Å². The van der Waals surface area contributed by atoms with Crippen LogP contribution in [0, 0.1) is 5.82 Å². The number of carbonyl (C=O) groups is 1. The van der Waals surface area contributed by atoms with Crippen molar-refractivity contribution in [2.24, 2.45) is 7.05 Å². The standard InChI is InChI=1S/C19H19FN4O3S/c1-24-17(11-27-16-5-3-4-15(10-16)26-2)22-23-19(24)28-12-18(25)21-14-8-6-13(20)7-9-14/h3-10H,11-12H2,1-2H3,(H,21,25). The smallest absolute Gasteiger partial charge is 0.234 e. The molecule has 28 heavy (non-hydrogen) atoms. The highest BCUT2D eigenvalue weighted by Gasteiger charge is 2.12.